The second kappa shape index (κ2) is 4.70. The van der Waals surface area contributed by atoms with E-state index >= 15 is 0 Å². The Kier molecular flexibility index (Phi) is 3.09. The van der Waals surface area contributed by atoms with Gasteiger partial charge in [-0.1, -0.05) is 12.1 Å². The molecule has 2 aromatic rings. The summed E-state index contributed by atoms with van der Waals surface area (Å²) in [6.45, 7) is 0. The van der Waals surface area contributed by atoms with E-state index in [0.717, 1.165) is 0 Å². The van der Waals surface area contributed by atoms with Gasteiger partial charge < -0.3 is 15.2 Å². The van der Waals surface area contributed by atoms with Crippen molar-refractivity contribution in [3.63, 3.8) is 0 Å². The third-order valence-corrected chi connectivity index (χ3v) is 2.35. The van der Waals surface area contributed by atoms with Crippen LogP contribution in [0.15, 0.2) is 36.7 Å². The number of hydrogen-bond donors (Lipinski definition) is 1. The summed E-state index contributed by atoms with van der Waals surface area (Å²) in [5.41, 5.74) is 1.00. The lowest BCUT2D eigenvalue weighted by Crippen LogP contribution is -2.22. The molecule has 0 atom stereocenters. The zero-order valence-electron chi connectivity index (χ0n) is 9.58. The number of nitrogens with one attached hydrogen (secondary N) is 1. The fraction of sp³-hybridized carbons (Fsp3) is 0.0833. The van der Waals surface area contributed by atoms with Gasteiger partial charge in [-0.3, -0.25) is 9.48 Å². The van der Waals surface area contributed by atoms with Crippen molar-refractivity contribution in [2.75, 3.05) is 5.32 Å². The lowest BCUT2D eigenvalue weighted by Gasteiger charge is -2.05. The van der Waals surface area contributed by atoms with Crippen molar-refractivity contribution in [3.8, 4) is 0 Å². The number of rotatable bonds is 3. The first-order valence-corrected chi connectivity index (χ1v) is 5.17. The second-order valence-electron chi connectivity index (χ2n) is 3.72. The Morgan fingerprint density at radius 2 is 1.89 bits per heavy atom. The van der Waals surface area contributed by atoms with Gasteiger partial charge in [-0.25, -0.2) is 0 Å². The van der Waals surface area contributed by atoms with E-state index in [9.17, 15) is 14.7 Å². The van der Waals surface area contributed by atoms with Crippen molar-refractivity contribution in [2.45, 2.75) is 0 Å². The number of aromatic carboxylic acids is 1. The molecule has 2 rings (SSSR count). The van der Waals surface area contributed by atoms with E-state index in [4.69, 9.17) is 0 Å². The van der Waals surface area contributed by atoms with Crippen molar-refractivity contribution in [1.82, 2.24) is 9.78 Å². The normalized spacial score (nSPS) is 10.1. The topological polar surface area (TPSA) is 87.0 Å². The van der Waals surface area contributed by atoms with E-state index in [0.29, 0.717) is 11.3 Å². The molecule has 1 aromatic carbocycles. The molecule has 1 N–H and O–H groups in total. The van der Waals surface area contributed by atoms with E-state index < -0.39 is 5.97 Å². The van der Waals surface area contributed by atoms with Gasteiger partial charge in [-0.2, -0.15) is 5.10 Å². The van der Waals surface area contributed by atoms with Gasteiger partial charge in [0.25, 0.3) is 5.91 Å². The minimum atomic E-state index is -1.25. The number of benzene rings is 1. The molecule has 0 spiro atoms. The smallest absolute Gasteiger partial charge is 0.258 e. The van der Waals surface area contributed by atoms with Gasteiger partial charge >= 0.3 is 0 Å². The van der Waals surface area contributed by atoms with Gasteiger partial charge in [0.05, 0.1) is 17.7 Å². The lowest BCUT2D eigenvalue weighted by atomic mass is 10.2. The van der Waals surface area contributed by atoms with E-state index in [2.05, 4.69) is 10.4 Å². The highest BCUT2D eigenvalue weighted by Gasteiger charge is 2.07. The Bertz CT molecular complexity index is 587. The SMILES string of the molecule is Cn1cc(C(=O)Nc2ccc(C(=O)[O-])cc2)cn1. The number of hydrogen-bond acceptors (Lipinski definition) is 4. The van der Waals surface area contributed by atoms with Crippen LogP contribution in [0.4, 0.5) is 5.69 Å². The van der Waals surface area contributed by atoms with E-state index in [1.807, 2.05) is 0 Å². The first-order valence-electron chi connectivity index (χ1n) is 5.17. The minimum Gasteiger partial charge on any atom is -0.545 e. The van der Waals surface area contributed by atoms with E-state index in [1.165, 1.54) is 35.1 Å². The predicted octanol–water partition coefficient (Wildman–Crippen LogP) is 0.0359. The maximum atomic E-state index is 11.8. The number of aromatic nitrogens is 2. The van der Waals surface area contributed by atoms with Crippen LogP contribution in [0.1, 0.15) is 20.7 Å². The summed E-state index contributed by atoms with van der Waals surface area (Å²) in [4.78, 5) is 22.3. The molecule has 92 valence electrons. The molecular formula is C12H10N3O3-. The highest BCUT2D eigenvalue weighted by molar-refractivity contribution is 6.04. The Morgan fingerprint density at radius 3 is 2.39 bits per heavy atom. The van der Waals surface area contributed by atoms with Crippen LogP contribution in [0, 0.1) is 0 Å². The number of carboxylic acid groups (broad SMARTS) is 1. The third kappa shape index (κ3) is 2.54. The molecule has 18 heavy (non-hydrogen) atoms. The van der Waals surface area contributed by atoms with Crippen molar-refractivity contribution >= 4 is 17.6 Å². The Morgan fingerprint density at radius 1 is 1.22 bits per heavy atom. The van der Waals surface area contributed by atoms with Crippen LogP contribution < -0.4 is 10.4 Å². The monoisotopic (exact) mass is 244 g/mol. The largest absolute Gasteiger partial charge is 0.545 e. The number of aryl methyl sites for hydroxylation is 1. The Hall–Kier alpha value is -2.63. The molecule has 1 aromatic heterocycles. The quantitative estimate of drug-likeness (QED) is 0.825. The zero-order chi connectivity index (χ0) is 13.1. The third-order valence-electron chi connectivity index (χ3n) is 2.35. The van der Waals surface area contributed by atoms with Gasteiger partial charge in [0.2, 0.25) is 0 Å². The van der Waals surface area contributed by atoms with Crippen LogP contribution in [0.25, 0.3) is 0 Å². The summed E-state index contributed by atoms with van der Waals surface area (Å²) in [6, 6.07) is 5.74. The summed E-state index contributed by atoms with van der Waals surface area (Å²) in [6.07, 6.45) is 3.04. The number of amides is 1. The molecule has 0 radical (unpaired) electrons. The van der Waals surface area contributed by atoms with Crippen LogP contribution in [0.5, 0.6) is 0 Å². The van der Waals surface area contributed by atoms with Crippen molar-refractivity contribution in [3.05, 3.63) is 47.8 Å². The Labute approximate surface area is 103 Å². The average molecular weight is 244 g/mol. The summed E-state index contributed by atoms with van der Waals surface area (Å²) in [5, 5.41) is 17.1. The predicted molar refractivity (Wildman–Crippen MR) is 61.9 cm³/mol. The summed E-state index contributed by atoms with van der Waals surface area (Å²) in [5.74, 6) is -1.55. The molecule has 0 aliphatic carbocycles. The molecule has 0 aliphatic heterocycles. The fourth-order valence-corrected chi connectivity index (χ4v) is 1.43. The number of nitrogens with zero attached hydrogens (tertiary/aromatic N) is 2. The number of carboxylic acids is 1. The van der Waals surface area contributed by atoms with Gasteiger partial charge in [0.1, 0.15) is 0 Å². The minimum absolute atomic E-state index is 0.0642. The molecular weight excluding hydrogens is 234 g/mol. The molecule has 0 saturated heterocycles. The van der Waals surface area contributed by atoms with Crippen LogP contribution >= 0.6 is 0 Å². The summed E-state index contributed by atoms with van der Waals surface area (Å²) >= 11 is 0. The van der Waals surface area contributed by atoms with Crippen molar-refractivity contribution < 1.29 is 14.7 Å². The second-order valence-corrected chi connectivity index (χ2v) is 3.72. The molecule has 0 fully saturated rings. The van der Waals surface area contributed by atoms with Gasteiger partial charge in [-0.05, 0) is 17.7 Å². The molecule has 1 amide bonds. The highest BCUT2D eigenvalue weighted by atomic mass is 16.4. The first kappa shape index (κ1) is 11.8. The fourth-order valence-electron chi connectivity index (χ4n) is 1.43. The molecule has 0 aliphatic rings. The molecule has 6 nitrogen and oxygen atoms in total. The van der Waals surface area contributed by atoms with E-state index in [-0.39, 0.29) is 11.5 Å². The van der Waals surface area contributed by atoms with Gasteiger partial charge in [-0.15, -0.1) is 0 Å². The Balaban J connectivity index is 2.10. The maximum Gasteiger partial charge on any atom is 0.258 e. The van der Waals surface area contributed by atoms with Crippen LogP contribution in [0.2, 0.25) is 0 Å². The molecule has 0 bridgehead atoms. The number of carbonyl (C=O) groups is 2. The zero-order valence-corrected chi connectivity index (χ0v) is 9.58. The number of carbonyl (C=O) groups excluding carboxylic acids is 2. The molecule has 6 heteroatoms. The van der Waals surface area contributed by atoms with Gasteiger partial charge in [0, 0.05) is 18.9 Å². The number of anilines is 1. The molecule has 0 unspecified atom stereocenters. The van der Waals surface area contributed by atoms with Crippen LogP contribution in [-0.4, -0.2) is 21.7 Å². The maximum absolute atomic E-state index is 11.8. The van der Waals surface area contributed by atoms with Crippen molar-refractivity contribution in [2.24, 2.45) is 7.05 Å². The van der Waals surface area contributed by atoms with Gasteiger partial charge in [0.15, 0.2) is 0 Å². The summed E-state index contributed by atoms with van der Waals surface area (Å²) in [7, 11) is 1.71. The highest BCUT2D eigenvalue weighted by Crippen LogP contribution is 2.10. The first-order chi connectivity index (χ1) is 8.56. The summed E-state index contributed by atoms with van der Waals surface area (Å²) < 4.78 is 1.52. The molecule has 0 saturated carbocycles. The van der Waals surface area contributed by atoms with Crippen LogP contribution in [0.3, 0.4) is 0 Å². The van der Waals surface area contributed by atoms with Crippen molar-refractivity contribution in [1.29, 1.82) is 0 Å². The average Bonchev–Trinajstić information content (AvgIpc) is 2.76. The lowest BCUT2D eigenvalue weighted by molar-refractivity contribution is -0.255. The van der Waals surface area contributed by atoms with E-state index in [1.54, 1.807) is 13.2 Å². The van der Waals surface area contributed by atoms with Crippen LogP contribution in [-0.2, 0) is 7.05 Å². The standard InChI is InChI=1S/C12H11N3O3/c1-15-7-9(6-13-15)11(16)14-10-4-2-8(3-5-10)12(17)18/h2-7H,1H3,(H,14,16)(H,17,18)/p-1. The molecule has 1 heterocycles.